The summed E-state index contributed by atoms with van der Waals surface area (Å²) in [7, 11) is 0. The fraction of sp³-hybridized carbons (Fsp3) is 0.621. The molecule has 0 aliphatic carbocycles. The van der Waals surface area contributed by atoms with Gasteiger partial charge in [-0.15, -0.1) is 0 Å². The van der Waals surface area contributed by atoms with Crippen LogP contribution in [-0.2, 0) is 30.5 Å². The molecule has 0 spiro atoms. The Hall–Kier alpha value is -2.67. The molecule has 0 bridgehead atoms. The van der Waals surface area contributed by atoms with Crippen molar-refractivity contribution in [1.29, 1.82) is 0 Å². The van der Waals surface area contributed by atoms with Gasteiger partial charge in [0.1, 0.15) is 23.0 Å². The maximum atomic E-state index is 12.1. The molecule has 2 N–H and O–H groups in total. The van der Waals surface area contributed by atoms with Gasteiger partial charge in [-0.25, -0.2) is 0 Å². The average Bonchev–Trinajstić information content (AvgIpc) is 2.79. The van der Waals surface area contributed by atoms with Gasteiger partial charge in [-0.1, -0.05) is 26.7 Å². The largest absolute Gasteiger partial charge is 0.481 e. The normalized spacial score (nSPS) is 12.1. The Bertz CT molecular complexity index is 1090. The van der Waals surface area contributed by atoms with Crippen LogP contribution in [0.1, 0.15) is 95.7 Å². The number of aryl methyl sites for hydroxylation is 4. The number of aliphatic carboxylic acids is 1. The third kappa shape index (κ3) is 10.5. The predicted molar refractivity (Wildman–Crippen MR) is 139 cm³/mol. The molecule has 0 aliphatic rings. The minimum atomic E-state index is -0.806. The molecule has 36 heavy (non-hydrogen) atoms. The van der Waals surface area contributed by atoms with E-state index in [4.69, 9.17) is 8.83 Å². The number of rotatable bonds is 16. The minimum absolute atomic E-state index is 0.0680. The predicted octanol–water partition coefficient (Wildman–Crippen LogP) is 5.32. The summed E-state index contributed by atoms with van der Waals surface area (Å²) in [6.07, 6.45) is 7.88. The highest BCUT2D eigenvalue weighted by Gasteiger charge is 2.26. The number of aliphatic hydroxyl groups is 1. The van der Waals surface area contributed by atoms with Crippen molar-refractivity contribution in [2.45, 2.75) is 98.3 Å². The zero-order valence-corrected chi connectivity index (χ0v) is 22.2. The van der Waals surface area contributed by atoms with Crippen LogP contribution in [-0.4, -0.2) is 22.8 Å². The first-order valence-corrected chi connectivity index (χ1v) is 13.0. The Kier molecular flexibility index (Phi) is 11.2. The highest BCUT2D eigenvalue weighted by atomic mass is 16.4. The summed E-state index contributed by atoms with van der Waals surface area (Å²) in [5.74, 6) is 1.73. The second kappa shape index (κ2) is 13.6. The SMILES string of the molecule is CC(C)(CO)CCCCc1cc(=O)cc(CCCc2cc(=O)cc(CCCCC(C)(C)C(=O)O)o2)o1. The lowest BCUT2D eigenvalue weighted by molar-refractivity contribution is -0.147. The topological polar surface area (TPSA) is 118 Å². The van der Waals surface area contributed by atoms with E-state index in [1.165, 1.54) is 18.2 Å². The van der Waals surface area contributed by atoms with Crippen molar-refractivity contribution in [2.75, 3.05) is 6.61 Å². The molecular weight excluding hydrogens is 460 g/mol. The molecule has 2 aromatic heterocycles. The molecule has 2 aromatic rings. The molecule has 0 unspecified atom stereocenters. The number of hydrogen-bond acceptors (Lipinski definition) is 6. The molecule has 200 valence electrons. The first-order valence-electron chi connectivity index (χ1n) is 13.0. The second-order valence-electron chi connectivity index (χ2n) is 11.2. The number of aliphatic hydroxyl groups excluding tert-OH is 1. The van der Waals surface area contributed by atoms with Crippen LogP contribution in [0.5, 0.6) is 0 Å². The first-order chi connectivity index (χ1) is 16.9. The van der Waals surface area contributed by atoms with Gasteiger partial charge in [0, 0.05) is 56.6 Å². The fourth-order valence-electron chi connectivity index (χ4n) is 4.06. The zero-order valence-electron chi connectivity index (χ0n) is 22.2. The Balaban J connectivity index is 1.85. The number of carbonyl (C=O) groups is 1. The molecule has 0 saturated heterocycles. The van der Waals surface area contributed by atoms with Crippen molar-refractivity contribution in [2.24, 2.45) is 10.8 Å². The standard InChI is InChI=1S/C29H42O7/c1-28(2,20-30)14-7-5-10-23-16-21(31)18-25(35-23)12-9-13-26-19-22(32)17-24(36-26)11-6-8-15-29(3,4)27(33)34/h16-19,30H,5-15,20H2,1-4H3,(H,33,34). The number of unbranched alkanes of at least 4 members (excludes halogenated alkanes) is 2. The molecule has 2 rings (SSSR count). The summed E-state index contributed by atoms with van der Waals surface area (Å²) in [6.45, 7) is 7.66. The lowest BCUT2D eigenvalue weighted by Crippen LogP contribution is -2.23. The van der Waals surface area contributed by atoms with Gasteiger partial charge in [0.05, 0.1) is 5.41 Å². The summed E-state index contributed by atoms with van der Waals surface area (Å²) in [5.41, 5.74) is -1.02. The molecule has 0 fully saturated rings. The van der Waals surface area contributed by atoms with Gasteiger partial charge in [0.25, 0.3) is 0 Å². The Morgan fingerprint density at radius 2 is 1.08 bits per heavy atom. The Labute approximate surface area is 213 Å². The quantitative estimate of drug-likeness (QED) is 0.298. The lowest BCUT2D eigenvalue weighted by Gasteiger charge is -2.20. The lowest BCUT2D eigenvalue weighted by atomic mass is 9.87. The summed E-state index contributed by atoms with van der Waals surface area (Å²) < 4.78 is 11.8. The van der Waals surface area contributed by atoms with Crippen LogP contribution in [0, 0.1) is 10.8 Å². The smallest absolute Gasteiger partial charge is 0.309 e. The van der Waals surface area contributed by atoms with Crippen molar-refractivity contribution in [3.63, 3.8) is 0 Å². The molecular formula is C29H42O7. The molecule has 0 atom stereocenters. The molecule has 7 nitrogen and oxygen atoms in total. The van der Waals surface area contributed by atoms with Crippen LogP contribution < -0.4 is 10.9 Å². The monoisotopic (exact) mass is 502 g/mol. The van der Waals surface area contributed by atoms with Gasteiger partial charge >= 0.3 is 5.97 Å². The minimum Gasteiger partial charge on any atom is -0.481 e. The molecule has 0 aliphatic heterocycles. The van der Waals surface area contributed by atoms with E-state index in [-0.39, 0.29) is 22.9 Å². The number of carboxylic acids is 1. The first kappa shape index (κ1) is 29.6. The van der Waals surface area contributed by atoms with E-state index in [9.17, 15) is 24.6 Å². The average molecular weight is 503 g/mol. The van der Waals surface area contributed by atoms with Gasteiger partial charge in [0.15, 0.2) is 10.9 Å². The molecule has 0 amide bonds. The van der Waals surface area contributed by atoms with Crippen LogP contribution in [0.3, 0.4) is 0 Å². The summed E-state index contributed by atoms with van der Waals surface area (Å²) >= 11 is 0. The van der Waals surface area contributed by atoms with E-state index in [0.29, 0.717) is 61.6 Å². The van der Waals surface area contributed by atoms with Gasteiger partial charge in [-0.3, -0.25) is 14.4 Å². The van der Waals surface area contributed by atoms with Crippen molar-refractivity contribution in [1.82, 2.24) is 0 Å². The van der Waals surface area contributed by atoms with Crippen LogP contribution in [0.25, 0.3) is 0 Å². The maximum absolute atomic E-state index is 12.1. The number of hydrogen-bond donors (Lipinski definition) is 2. The van der Waals surface area contributed by atoms with Crippen LogP contribution in [0.2, 0.25) is 0 Å². The summed E-state index contributed by atoms with van der Waals surface area (Å²) in [4.78, 5) is 35.4. The van der Waals surface area contributed by atoms with Crippen molar-refractivity contribution >= 4 is 5.97 Å². The van der Waals surface area contributed by atoms with E-state index < -0.39 is 11.4 Å². The van der Waals surface area contributed by atoms with Crippen molar-refractivity contribution in [3.05, 3.63) is 67.8 Å². The van der Waals surface area contributed by atoms with E-state index in [0.717, 1.165) is 32.1 Å². The van der Waals surface area contributed by atoms with E-state index in [1.54, 1.807) is 19.9 Å². The van der Waals surface area contributed by atoms with Crippen molar-refractivity contribution < 1.29 is 23.8 Å². The van der Waals surface area contributed by atoms with E-state index in [1.807, 2.05) is 13.8 Å². The Morgan fingerprint density at radius 1 is 0.694 bits per heavy atom. The molecule has 0 aromatic carbocycles. The summed E-state index contributed by atoms with van der Waals surface area (Å²) in [6, 6.07) is 6.05. The van der Waals surface area contributed by atoms with Crippen molar-refractivity contribution in [3.8, 4) is 0 Å². The molecule has 0 saturated carbocycles. The number of carboxylic acid groups (broad SMARTS) is 1. The van der Waals surface area contributed by atoms with Crippen LogP contribution in [0.15, 0.2) is 42.7 Å². The molecule has 0 radical (unpaired) electrons. The van der Waals surface area contributed by atoms with Gasteiger partial charge in [-0.2, -0.15) is 0 Å². The van der Waals surface area contributed by atoms with Gasteiger partial charge in [0.2, 0.25) is 0 Å². The third-order valence-corrected chi connectivity index (χ3v) is 6.59. The fourth-order valence-corrected chi connectivity index (χ4v) is 4.06. The van der Waals surface area contributed by atoms with E-state index >= 15 is 0 Å². The zero-order chi connectivity index (χ0) is 26.8. The highest BCUT2D eigenvalue weighted by Crippen LogP contribution is 2.24. The summed E-state index contributed by atoms with van der Waals surface area (Å²) in [5, 5.41) is 18.6. The van der Waals surface area contributed by atoms with E-state index in [2.05, 4.69) is 0 Å². The van der Waals surface area contributed by atoms with Gasteiger partial charge in [-0.05, 0) is 51.4 Å². The van der Waals surface area contributed by atoms with Gasteiger partial charge < -0.3 is 19.0 Å². The Morgan fingerprint density at radius 3 is 1.47 bits per heavy atom. The second-order valence-corrected chi connectivity index (χ2v) is 11.2. The van der Waals surface area contributed by atoms with Crippen LogP contribution in [0.4, 0.5) is 0 Å². The highest BCUT2D eigenvalue weighted by molar-refractivity contribution is 5.73. The third-order valence-electron chi connectivity index (χ3n) is 6.59. The maximum Gasteiger partial charge on any atom is 0.309 e. The molecule has 2 heterocycles. The van der Waals surface area contributed by atoms with Crippen LogP contribution >= 0.6 is 0 Å². The molecule has 7 heteroatoms.